The standard InChI is InChI=1S/C15H25N3O3/c1-3-6-18-14(12(20-2)8-16-18)15(19)13-9-17-7-4-5-11(17)10-21-13/h8,11,13,15,19H,3-7,9-10H2,1-2H3. The maximum absolute atomic E-state index is 10.8. The molecule has 0 bridgehead atoms. The first-order valence-electron chi connectivity index (χ1n) is 7.88. The van der Waals surface area contributed by atoms with Crippen LogP contribution in [0.3, 0.4) is 0 Å². The van der Waals surface area contributed by atoms with Crippen molar-refractivity contribution in [3.8, 4) is 5.75 Å². The first-order valence-corrected chi connectivity index (χ1v) is 7.88. The quantitative estimate of drug-likeness (QED) is 0.884. The number of nitrogens with zero attached hydrogens (tertiary/aromatic N) is 3. The third-order valence-corrected chi connectivity index (χ3v) is 4.55. The predicted octanol–water partition coefficient (Wildman–Crippen LogP) is 1.20. The second-order valence-corrected chi connectivity index (χ2v) is 5.93. The smallest absolute Gasteiger partial charge is 0.162 e. The minimum atomic E-state index is -0.699. The molecular weight excluding hydrogens is 270 g/mol. The van der Waals surface area contributed by atoms with Gasteiger partial charge in [-0.2, -0.15) is 5.10 Å². The van der Waals surface area contributed by atoms with E-state index >= 15 is 0 Å². The van der Waals surface area contributed by atoms with E-state index < -0.39 is 6.10 Å². The molecule has 2 aliphatic heterocycles. The maximum atomic E-state index is 10.8. The number of aliphatic hydroxyl groups excluding tert-OH is 1. The molecule has 0 radical (unpaired) electrons. The Balaban J connectivity index is 1.77. The number of hydrogen-bond acceptors (Lipinski definition) is 5. The molecule has 1 aromatic heterocycles. The summed E-state index contributed by atoms with van der Waals surface area (Å²) in [6.07, 6.45) is 4.17. The molecule has 2 saturated heterocycles. The SMILES string of the molecule is CCCn1ncc(OC)c1C(O)C1CN2CCCC2CO1. The van der Waals surface area contributed by atoms with Crippen LogP contribution in [0.15, 0.2) is 6.20 Å². The fourth-order valence-electron chi connectivity index (χ4n) is 3.43. The van der Waals surface area contributed by atoms with Gasteiger partial charge in [0.15, 0.2) is 5.75 Å². The monoisotopic (exact) mass is 295 g/mol. The zero-order valence-electron chi connectivity index (χ0n) is 12.9. The number of morpholine rings is 1. The van der Waals surface area contributed by atoms with Crippen molar-refractivity contribution < 1.29 is 14.6 Å². The van der Waals surface area contributed by atoms with Crippen LogP contribution in [0.2, 0.25) is 0 Å². The van der Waals surface area contributed by atoms with E-state index in [0.717, 1.165) is 31.7 Å². The van der Waals surface area contributed by atoms with Crippen molar-refractivity contribution >= 4 is 0 Å². The number of methoxy groups -OCH3 is 1. The van der Waals surface area contributed by atoms with Crippen LogP contribution in [-0.2, 0) is 11.3 Å². The Morgan fingerprint density at radius 1 is 1.57 bits per heavy atom. The molecule has 1 aromatic rings. The zero-order chi connectivity index (χ0) is 14.8. The number of rotatable bonds is 5. The Morgan fingerprint density at radius 2 is 2.43 bits per heavy atom. The van der Waals surface area contributed by atoms with E-state index in [9.17, 15) is 5.11 Å². The molecule has 0 spiro atoms. The lowest BCUT2D eigenvalue weighted by molar-refractivity contribution is -0.106. The summed E-state index contributed by atoms with van der Waals surface area (Å²) in [5.41, 5.74) is 0.738. The van der Waals surface area contributed by atoms with Crippen molar-refractivity contribution in [1.29, 1.82) is 0 Å². The molecule has 3 heterocycles. The van der Waals surface area contributed by atoms with E-state index in [1.807, 2.05) is 4.68 Å². The van der Waals surface area contributed by atoms with Crippen molar-refractivity contribution in [3.05, 3.63) is 11.9 Å². The highest BCUT2D eigenvalue weighted by Gasteiger charge is 2.37. The normalized spacial score (nSPS) is 27.6. The van der Waals surface area contributed by atoms with E-state index in [-0.39, 0.29) is 6.10 Å². The van der Waals surface area contributed by atoms with Crippen molar-refractivity contribution in [2.24, 2.45) is 0 Å². The van der Waals surface area contributed by atoms with Gasteiger partial charge in [-0.25, -0.2) is 0 Å². The summed E-state index contributed by atoms with van der Waals surface area (Å²) in [6.45, 7) is 5.48. The van der Waals surface area contributed by atoms with Gasteiger partial charge in [-0.05, 0) is 25.8 Å². The van der Waals surface area contributed by atoms with Crippen molar-refractivity contribution in [2.75, 3.05) is 26.8 Å². The Kier molecular flexibility index (Phi) is 4.47. The third-order valence-electron chi connectivity index (χ3n) is 4.55. The number of ether oxygens (including phenoxy) is 2. The predicted molar refractivity (Wildman–Crippen MR) is 78.4 cm³/mol. The van der Waals surface area contributed by atoms with Gasteiger partial charge < -0.3 is 14.6 Å². The summed E-state index contributed by atoms with van der Waals surface area (Å²) in [5, 5.41) is 15.1. The van der Waals surface area contributed by atoms with E-state index in [1.54, 1.807) is 13.3 Å². The van der Waals surface area contributed by atoms with Gasteiger partial charge in [0.25, 0.3) is 0 Å². The van der Waals surface area contributed by atoms with Gasteiger partial charge in [-0.3, -0.25) is 9.58 Å². The van der Waals surface area contributed by atoms with Crippen LogP contribution in [-0.4, -0.2) is 58.7 Å². The average Bonchev–Trinajstić information content (AvgIpc) is 3.12. The van der Waals surface area contributed by atoms with E-state index in [1.165, 1.54) is 12.8 Å². The molecule has 0 aromatic carbocycles. The van der Waals surface area contributed by atoms with Gasteiger partial charge in [0.2, 0.25) is 0 Å². The second kappa shape index (κ2) is 6.34. The first kappa shape index (κ1) is 14.8. The van der Waals surface area contributed by atoms with Gasteiger partial charge in [0.05, 0.1) is 19.9 Å². The van der Waals surface area contributed by atoms with Crippen LogP contribution in [0, 0.1) is 0 Å². The van der Waals surface area contributed by atoms with E-state index in [2.05, 4.69) is 16.9 Å². The Labute approximate surface area is 125 Å². The van der Waals surface area contributed by atoms with Gasteiger partial charge in [-0.1, -0.05) is 6.92 Å². The largest absolute Gasteiger partial charge is 0.493 e. The van der Waals surface area contributed by atoms with Crippen LogP contribution in [0.25, 0.3) is 0 Å². The molecule has 0 aliphatic carbocycles. The fraction of sp³-hybridized carbons (Fsp3) is 0.800. The van der Waals surface area contributed by atoms with Crippen molar-refractivity contribution in [2.45, 2.75) is 51.0 Å². The molecule has 3 unspecified atom stereocenters. The highest BCUT2D eigenvalue weighted by atomic mass is 16.5. The first-order chi connectivity index (χ1) is 10.2. The molecule has 3 rings (SSSR count). The summed E-state index contributed by atoms with van der Waals surface area (Å²) in [4.78, 5) is 2.43. The Bertz CT molecular complexity index is 477. The van der Waals surface area contributed by atoms with Gasteiger partial charge >= 0.3 is 0 Å². The van der Waals surface area contributed by atoms with Crippen LogP contribution < -0.4 is 4.74 Å². The Hall–Kier alpha value is -1.11. The van der Waals surface area contributed by atoms with E-state index in [0.29, 0.717) is 18.4 Å². The van der Waals surface area contributed by atoms with Crippen LogP contribution >= 0.6 is 0 Å². The van der Waals surface area contributed by atoms with Crippen LogP contribution in [0.5, 0.6) is 5.75 Å². The second-order valence-electron chi connectivity index (χ2n) is 5.93. The third kappa shape index (κ3) is 2.80. The minimum Gasteiger partial charge on any atom is -0.493 e. The summed E-state index contributed by atoms with van der Waals surface area (Å²) < 4.78 is 13.1. The lowest BCUT2D eigenvalue weighted by Gasteiger charge is -2.37. The van der Waals surface area contributed by atoms with Crippen molar-refractivity contribution in [1.82, 2.24) is 14.7 Å². The molecule has 6 heteroatoms. The van der Waals surface area contributed by atoms with Crippen molar-refractivity contribution in [3.63, 3.8) is 0 Å². The number of hydrogen-bond donors (Lipinski definition) is 1. The highest BCUT2D eigenvalue weighted by Crippen LogP contribution is 2.32. The lowest BCUT2D eigenvalue weighted by atomic mass is 10.1. The fourth-order valence-corrected chi connectivity index (χ4v) is 3.43. The number of aliphatic hydroxyl groups is 1. The summed E-state index contributed by atoms with van der Waals surface area (Å²) in [6, 6.07) is 0.538. The molecular formula is C15H25N3O3. The Morgan fingerprint density at radius 3 is 3.19 bits per heavy atom. The number of aromatic nitrogens is 2. The van der Waals surface area contributed by atoms with Crippen LogP contribution in [0.1, 0.15) is 38.0 Å². The molecule has 2 fully saturated rings. The summed E-state index contributed by atoms with van der Waals surface area (Å²) in [5.74, 6) is 0.642. The molecule has 118 valence electrons. The highest BCUT2D eigenvalue weighted by molar-refractivity contribution is 5.28. The minimum absolute atomic E-state index is 0.208. The van der Waals surface area contributed by atoms with Crippen LogP contribution in [0.4, 0.5) is 0 Å². The molecule has 0 saturated carbocycles. The molecule has 0 amide bonds. The molecule has 2 aliphatic rings. The number of aryl methyl sites for hydroxylation is 1. The average molecular weight is 295 g/mol. The topological polar surface area (TPSA) is 59.8 Å². The van der Waals surface area contributed by atoms with Gasteiger partial charge in [-0.15, -0.1) is 0 Å². The molecule has 6 nitrogen and oxygen atoms in total. The summed E-state index contributed by atoms with van der Waals surface area (Å²) in [7, 11) is 1.61. The van der Waals surface area contributed by atoms with Gasteiger partial charge in [0.1, 0.15) is 17.9 Å². The number of fused-ring (bicyclic) bond motifs is 1. The maximum Gasteiger partial charge on any atom is 0.162 e. The molecule has 3 atom stereocenters. The molecule has 21 heavy (non-hydrogen) atoms. The van der Waals surface area contributed by atoms with E-state index in [4.69, 9.17) is 9.47 Å². The lowest BCUT2D eigenvalue weighted by Crippen LogP contribution is -2.48. The summed E-state index contributed by atoms with van der Waals surface area (Å²) >= 11 is 0. The zero-order valence-corrected chi connectivity index (χ0v) is 12.9. The molecule has 1 N–H and O–H groups in total. The van der Waals surface area contributed by atoms with Gasteiger partial charge in [0, 0.05) is 19.1 Å².